The maximum Gasteiger partial charge on any atom is 0.164 e. The fourth-order valence-electron chi connectivity index (χ4n) is 11.7. The first-order valence-electron chi connectivity index (χ1n) is 25.3. The largest absolute Gasteiger partial charge is 0.311 e. The van der Waals surface area contributed by atoms with E-state index in [1.54, 1.807) is 0 Å². The Morgan fingerprint density at radius 3 is 1.07 bits per heavy atom. The van der Waals surface area contributed by atoms with E-state index in [0.717, 1.165) is 44.9 Å². The highest BCUT2D eigenvalue weighted by Crippen LogP contribution is 2.64. The van der Waals surface area contributed by atoms with Crippen LogP contribution in [0.2, 0.25) is 0 Å². The zero-order valence-electron chi connectivity index (χ0n) is 40.3. The molecule has 0 aliphatic heterocycles. The van der Waals surface area contributed by atoms with E-state index in [-0.39, 0.29) is 0 Å². The van der Waals surface area contributed by atoms with Gasteiger partial charge in [-0.15, -0.1) is 0 Å². The average Bonchev–Trinajstić information content (AvgIpc) is 3.99. The number of hydrogen-bond acceptors (Lipinski definition) is 4. The van der Waals surface area contributed by atoms with Crippen molar-refractivity contribution in [3.05, 3.63) is 301 Å². The number of fused-ring (bicyclic) bond motifs is 10. The molecule has 11 aromatic carbocycles. The van der Waals surface area contributed by atoms with Gasteiger partial charge in [-0.2, -0.15) is 0 Å². The molecule has 0 saturated carbocycles. The molecule has 0 unspecified atom stereocenters. The Morgan fingerprint density at radius 1 is 0.216 bits per heavy atom. The van der Waals surface area contributed by atoms with E-state index in [0.29, 0.717) is 17.5 Å². The fourth-order valence-corrected chi connectivity index (χ4v) is 11.7. The van der Waals surface area contributed by atoms with Crippen LogP contribution in [0.3, 0.4) is 0 Å². The molecule has 4 nitrogen and oxygen atoms in total. The van der Waals surface area contributed by atoms with Crippen molar-refractivity contribution in [1.29, 1.82) is 0 Å². The van der Waals surface area contributed by atoms with Gasteiger partial charge in [-0.25, -0.2) is 15.0 Å². The SMILES string of the molecule is c1ccc(-c2ccc(N(c3ccc(-c4ccccc4-c4nc(-c5ccccc5)nc(-c5ccccc5)n4)cc3)c3ccc(-c4cccc5c4-c4ccccc4C54c5ccccc5-c5ccccc54)cc3)cc2)cc1. The molecule has 4 heteroatoms. The minimum atomic E-state index is -0.397. The molecule has 2 aliphatic carbocycles. The predicted molar refractivity (Wildman–Crippen MR) is 303 cm³/mol. The topological polar surface area (TPSA) is 41.9 Å². The quantitative estimate of drug-likeness (QED) is 0.145. The summed E-state index contributed by atoms with van der Waals surface area (Å²) in [5.74, 6) is 1.89. The highest BCUT2D eigenvalue weighted by molar-refractivity contribution is 6.00. The third-order valence-electron chi connectivity index (χ3n) is 15.0. The molecule has 12 aromatic rings. The molecule has 0 saturated heterocycles. The Hall–Kier alpha value is -9.77. The monoisotopic (exact) mass is 942 g/mol. The van der Waals surface area contributed by atoms with Crippen LogP contribution in [0.25, 0.3) is 89.8 Å². The predicted octanol–water partition coefficient (Wildman–Crippen LogP) is 17.7. The lowest BCUT2D eigenvalue weighted by atomic mass is 9.70. The van der Waals surface area contributed by atoms with Gasteiger partial charge in [0.25, 0.3) is 0 Å². The molecular formula is C70H46N4. The molecule has 0 radical (unpaired) electrons. The van der Waals surface area contributed by atoms with Crippen molar-refractivity contribution in [2.75, 3.05) is 4.90 Å². The molecule has 0 fully saturated rings. The number of anilines is 3. The molecule has 1 heterocycles. The molecule has 14 rings (SSSR count). The third-order valence-corrected chi connectivity index (χ3v) is 15.0. The first kappa shape index (κ1) is 43.1. The van der Waals surface area contributed by atoms with Crippen LogP contribution in [-0.2, 0) is 5.41 Å². The van der Waals surface area contributed by atoms with E-state index in [1.807, 2.05) is 60.7 Å². The highest BCUT2D eigenvalue weighted by atomic mass is 15.1. The first-order valence-corrected chi connectivity index (χ1v) is 25.3. The molecule has 0 amide bonds. The van der Waals surface area contributed by atoms with E-state index in [4.69, 9.17) is 15.0 Å². The van der Waals surface area contributed by atoms with Crippen molar-refractivity contribution in [3.63, 3.8) is 0 Å². The molecule has 2 aliphatic rings. The van der Waals surface area contributed by atoms with Gasteiger partial charge in [0.1, 0.15) is 0 Å². The standard InChI is InChI=1S/C70H46N4/c1-4-19-47(20-5-1)48-35-41-53(42-36-48)74(54-43-37-49(38-44-54)56-25-10-11-28-60(56)69-72-67(51-21-6-2-7-22-51)71-68(73-69)52-23-8-3-9-24-52)55-45-39-50(40-46-55)57-30-18-34-65-66(57)61-29-14-17-33-64(61)70(65)62-31-15-12-26-58(62)59-27-13-16-32-63(59)70/h1-46H. The van der Waals surface area contributed by atoms with Crippen LogP contribution < -0.4 is 4.90 Å². The lowest BCUT2D eigenvalue weighted by Gasteiger charge is -2.30. The Morgan fingerprint density at radius 2 is 0.554 bits per heavy atom. The summed E-state index contributed by atoms with van der Waals surface area (Å²) < 4.78 is 0. The number of nitrogens with zero attached hydrogens (tertiary/aromatic N) is 4. The summed E-state index contributed by atoms with van der Waals surface area (Å²) in [6.07, 6.45) is 0. The molecular weight excluding hydrogens is 897 g/mol. The van der Waals surface area contributed by atoms with E-state index in [9.17, 15) is 0 Å². The Labute approximate surface area is 431 Å². The zero-order chi connectivity index (χ0) is 49.0. The Kier molecular flexibility index (Phi) is 10.4. The van der Waals surface area contributed by atoms with Crippen LogP contribution in [0, 0.1) is 0 Å². The Bertz CT molecular complexity index is 3940. The van der Waals surface area contributed by atoms with Crippen molar-refractivity contribution >= 4 is 17.1 Å². The van der Waals surface area contributed by atoms with Crippen molar-refractivity contribution in [2.45, 2.75) is 5.41 Å². The smallest absolute Gasteiger partial charge is 0.164 e. The van der Waals surface area contributed by atoms with Crippen LogP contribution in [0.4, 0.5) is 17.1 Å². The van der Waals surface area contributed by atoms with Gasteiger partial charge in [-0.3, -0.25) is 0 Å². The minimum Gasteiger partial charge on any atom is -0.311 e. The lowest BCUT2D eigenvalue weighted by molar-refractivity contribution is 0.794. The number of rotatable bonds is 9. The maximum atomic E-state index is 5.10. The third kappa shape index (κ3) is 7.03. The molecule has 1 spiro atoms. The van der Waals surface area contributed by atoms with Gasteiger partial charge in [0.05, 0.1) is 5.41 Å². The maximum absolute atomic E-state index is 5.10. The van der Waals surface area contributed by atoms with E-state index >= 15 is 0 Å². The number of benzene rings is 11. The lowest BCUT2D eigenvalue weighted by Crippen LogP contribution is -2.25. The molecule has 1 aromatic heterocycles. The minimum absolute atomic E-state index is 0.397. The molecule has 0 atom stereocenters. The van der Waals surface area contributed by atoms with Gasteiger partial charge in [-0.05, 0) is 114 Å². The van der Waals surface area contributed by atoms with Gasteiger partial charge in [0.15, 0.2) is 17.5 Å². The second-order valence-electron chi connectivity index (χ2n) is 19.0. The van der Waals surface area contributed by atoms with Crippen molar-refractivity contribution in [3.8, 4) is 89.8 Å². The van der Waals surface area contributed by atoms with Gasteiger partial charge >= 0.3 is 0 Å². The second kappa shape index (κ2) is 17.8. The average molecular weight is 943 g/mol. The van der Waals surface area contributed by atoms with Crippen LogP contribution >= 0.6 is 0 Å². The normalized spacial score (nSPS) is 12.4. The summed E-state index contributed by atoms with van der Waals surface area (Å²) in [6, 6.07) is 100. The van der Waals surface area contributed by atoms with Gasteiger partial charge in [-0.1, -0.05) is 243 Å². The number of hydrogen-bond donors (Lipinski definition) is 0. The van der Waals surface area contributed by atoms with Crippen molar-refractivity contribution in [1.82, 2.24) is 15.0 Å². The van der Waals surface area contributed by atoms with Crippen molar-refractivity contribution in [2.24, 2.45) is 0 Å². The number of aromatic nitrogens is 3. The van der Waals surface area contributed by atoms with Crippen LogP contribution in [-0.4, -0.2) is 15.0 Å². The zero-order valence-corrected chi connectivity index (χ0v) is 40.3. The molecule has 0 bridgehead atoms. The second-order valence-corrected chi connectivity index (χ2v) is 19.0. The van der Waals surface area contributed by atoms with Crippen LogP contribution in [0.1, 0.15) is 22.3 Å². The summed E-state index contributed by atoms with van der Waals surface area (Å²) in [5.41, 5.74) is 23.0. The van der Waals surface area contributed by atoms with E-state index < -0.39 is 5.41 Å². The summed E-state index contributed by atoms with van der Waals surface area (Å²) in [7, 11) is 0. The summed E-state index contributed by atoms with van der Waals surface area (Å²) in [5, 5.41) is 0. The fraction of sp³-hybridized carbons (Fsp3) is 0.0143. The summed E-state index contributed by atoms with van der Waals surface area (Å²) >= 11 is 0. The van der Waals surface area contributed by atoms with Crippen LogP contribution in [0.15, 0.2) is 279 Å². The molecule has 74 heavy (non-hydrogen) atoms. The molecule has 346 valence electrons. The van der Waals surface area contributed by atoms with Crippen molar-refractivity contribution < 1.29 is 0 Å². The van der Waals surface area contributed by atoms with Gasteiger partial charge in [0.2, 0.25) is 0 Å². The van der Waals surface area contributed by atoms with E-state index in [1.165, 1.54) is 66.8 Å². The first-order chi connectivity index (χ1) is 36.7. The Balaban J connectivity index is 0.863. The van der Waals surface area contributed by atoms with E-state index in [2.05, 4.69) is 223 Å². The highest BCUT2D eigenvalue weighted by Gasteiger charge is 2.52. The summed E-state index contributed by atoms with van der Waals surface area (Å²) in [4.78, 5) is 17.5. The summed E-state index contributed by atoms with van der Waals surface area (Å²) in [6.45, 7) is 0. The van der Waals surface area contributed by atoms with Gasteiger partial charge in [0, 0.05) is 33.8 Å². The molecule has 0 N–H and O–H groups in total. The van der Waals surface area contributed by atoms with Gasteiger partial charge < -0.3 is 4.90 Å². The van der Waals surface area contributed by atoms with Crippen LogP contribution in [0.5, 0.6) is 0 Å².